The second-order valence-electron chi connectivity index (χ2n) is 4.25. The second kappa shape index (κ2) is 5.42. The van der Waals surface area contributed by atoms with Crippen molar-refractivity contribution in [3.05, 3.63) is 5.82 Å². The standard InChI is InChI=1S/C10H19N3OS/c1-4-5-8-11-9(15-13-8)12-10(2,3)6-7-14/h14H,4-7H2,1-3H3,(H,11,12,13). The van der Waals surface area contributed by atoms with Crippen molar-refractivity contribution in [2.75, 3.05) is 11.9 Å². The molecule has 0 radical (unpaired) electrons. The first-order chi connectivity index (χ1) is 7.07. The zero-order valence-electron chi connectivity index (χ0n) is 9.58. The van der Waals surface area contributed by atoms with Crippen molar-refractivity contribution in [1.82, 2.24) is 9.36 Å². The SMILES string of the molecule is CCCc1nsc(NC(C)(C)CCO)n1. The first-order valence-electron chi connectivity index (χ1n) is 5.29. The molecular formula is C10H19N3OS. The maximum Gasteiger partial charge on any atom is 0.202 e. The molecule has 1 rings (SSSR count). The molecule has 0 saturated carbocycles. The minimum absolute atomic E-state index is 0.127. The average molecular weight is 229 g/mol. The predicted molar refractivity (Wildman–Crippen MR) is 63.3 cm³/mol. The van der Waals surface area contributed by atoms with Gasteiger partial charge in [-0.1, -0.05) is 6.92 Å². The van der Waals surface area contributed by atoms with Crippen LogP contribution in [0.1, 0.15) is 39.4 Å². The molecule has 0 saturated heterocycles. The highest BCUT2D eigenvalue weighted by molar-refractivity contribution is 7.09. The quantitative estimate of drug-likeness (QED) is 0.784. The van der Waals surface area contributed by atoms with E-state index < -0.39 is 0 Å². The fraction of sp³-hybridized carbons (Fsp3) is 0.800. The van der Waals surface area contributed by atoms with Crippen molar-refractivity contribution in [2.45, 2.75) is 45.6 Å². The summed E-state index contributed by atoms with van der Waals surface area (Å²) in [5, 5.41) is 13.0. The number of aromatic nitrogens is 2. The molecule has 15 heavy (non-hydrogen) atoms. The van der Waals surface area contributed by atoms with Crippen LogP contribution in [0.5, 0.6) is 0 Å². The van der Waals surface area contributed by atoms with Gasteiger partial charge in [0.1, 0.15) is 5.82 Å². The molecule has 0 amide bonds. The number of hydrogen-bond acceptors (Lipinski definition) is 5. The monoisotopic (exact) mass is 229 g/mol. The molecule has 0 unspecified atom stereocenters. The Morgan fingerprint density at radius 3 is 2.80 bits per heavy atom. The highest BCUT2D eigenvalue weighted by atomic mass is 32.1. The summed E-state index contributed by atoms with van der Waals surface area (Å²) in [6.07, 6.45) is 2.70. The van der Waals surface area contributed by atoms with Crippen LogP contribution in [0.3, 0.4) is 0 Å². The largest absolute Gasteiger partial charge is 0.396 e. The number of aryl methyl sites for hydroxylation is 1. The smallest absolute Gasteiger partial charge is 0.202 e. The Kier molecular flexibility index (Phi) is 4.47. The Labute approximate surface area is 94.9 Å². The Hall–Kier alpha value is -0.680. The van der Waals surface area contributed by atoms with Gasteiger partial charge in [0.2, 0.25) is 5.13 Å². The van der Waals surface area contributed by atoms with Crippen LogP contribution < -0.4 is 5.32 Å². The van der Waals surface area contributed by atoms with Crippen molar-refractivity contribution in [3.8, 4) is 0 Å². The fourth-order valence-corrected chi connectivity index (χ4v) is 2.05. The number of aliphatic hydroxyl groups excluding tert-OH is 1. The van der Waals surface area contributed by atoms with Crippen molar-refractivity contribution in [3.63, 3.8) is 0 Å². The van der Waals surface area contributed by atoms with Crippen LogP contribution in [0, 0.1) is 0 Å². The van der Waals surface area contributed by atoms with Crippen LogP contribution in [0.2, 0.25) is 0 Å². The van der Waals surface area contributed by atoms with Gasteiger partial charge >= 0.3 is 0 Å². The number of aliphatic hydroxyl groups is 1. The molecule has 0 fully saturated rings. The minimum Gasteiger partial charge on any atom is -0.396 e. The van der Waals surface area contributed by atoms with Crippen molar-refractivity contribution in [2.24, 2.45) is 0 Å². The number of nitrogens with one attached hydrogen (secondary N) is 1. The molecular weight excluding hydrogens is 210 g/mol. The van der Waals surface area contributed by atoms with E-state index in [0.29, 0.717) is 6.42 Å². The predicted octanol–water partition coefficient (Wildman–Crippen LogP) is 2.06. The van der Waals surface area contributed by atoms with Gasteiger partial charge in [-0.05, 0) is 26.7 Å². The van der Waals surface area contributed by atoms with Gasteiger partial charge in [0.05, 0.1) is 0 Å². The normalized spacial score (nSPS) is 11.7. The van der Waals surface area contributed by atoms with Crippen LogP contribution in [0.4, 0.5) is 5.13 Å². The lowest BCUT2D eigenvalue weighted by Crippen LogP contribution is -2.31. The summed E-state index contributed by atoms with van der Waals surface area (Å²) in [5.74, 6) is 0.907. The topological polar surface area (TPSA) is 58.0 Å². The first-order valence-corrected chi connectivity index (χ1v) is 6.06. The summed E-state index contributed by atoms with van der Waals surface area (Å²) in [4.78, 5) is 4.38. The van der Waals surface area contributed by atoms with Gasteiger partial charge in [0.25, 0.3) is 0 Å². The molecule has 0 bridgehead atoms. The van der Waals surface area contributed by atoms with Gasteiger partial charge in [-0.2, -0.15) is 4.37 Å². The van der Waals surface area contributed by atoms with E-state index in [9.17, 15) is 0 Å². The fourth-order valence-electron chi connectivity index (χ4n) is 1.26. The van der Waals surface area contributed by atoms with E-state index in [1.54, 1.807) is 0 Å². The third-order valence-electron chi connectivity index (χ3n) is 2.12. The van der Waals surface area contributed by atoms with Crippen molar-refractivity contribution >= 4 is 16.7 Å². The van der Waals surface area contributed by atoms with E-state index >= 15 is 0 Å². The summed E-state index contributed by atoms with van der Waals surface area (Å²) < 4.78 is 4.26. The lowest BCUT2D eigenvalue weighted by molar-refractivity contribution is 0.261. The Bertz CT molecular complexity index is 299. The van der Waals surface area contributed by atoms with Crippen LogP contribution in [-0.2, 0) is 6.42 Å². The lowest BCUT2D eigenvalue weighted by Gasteiger charge is -2.24. The van der Waals surface area contributed by atoms with E-state index in [2.05, 4.69) is 21.6 Å². The molecule has 1 aromatic rings. The first kappa shape index (κ1) is 12.4. The molecule has 0 aliphatic heterocycles. The number of anilines is 1. The maximum absolute atomic E-state index is 8.90. The van der Waals surface area contributed by atoms with E-state index in [-0.39, 0.29) is 12.1 Å². The molecule has 0 aromatic carbocycles. The van der Waals surface area contributed by atoms with E-state index in [1.807, 2.05) is 13.8 Å². The summed E-state index contributed by atoms with van der Waals surface area (Å²) in [6, 6.07) is 0. The molecule has 1 aromatic heterocycles. The zero-order valence-corrected chi connectivity index (χ0v) is 10.4. The van der Waals surface area contributed by atoms with Gasteiger partial charge in [0, 0.05) is 30.1 Å². The van der Waals surface area contributed by atoms with E-state index in [0.717, 1.165) is 23.8 Å². The summed E-state index contributed by atoms with van der Waals surface area (Å²) in [5.41, 5.74) is -0.127. The Balaban J connectivity index is 2.56. The van der Waals surface area contributed by atoms with E-state index in [4.69, 9.17) is 5.11 Å². The Morgan fingerprint density at radius 2 is 2.20 bits per heavy atom. The van der Waals surface area contributed by atoms with Gasteiger partial charge in [-0.3, -0.25) is 0 Å². The molecule has 2 N–H and O–H groups in total. The minimum atomic E-state index is -0.127. The summed E-state index contributed by atoms with van der Waals surface area (Å²) in [7, 11) is 0. The molecule has 0 atom stereocenters. The highest BCUT2D eigenvalue weighted by Gasteiger charge is 2.18. The summed E-state index contributed by atoms with van der Waals surface area (Å²) >= 11 is 1.39. The molecule has 1 heterocycles. The molecule has 4 nitrogen and oxygen atoms in total. The zero-order chi connectivity index (χ0) is 11.3. The number of hydrogen-bond donors (Lipinski definition) is 2. The van der Waals surface area contributed by atoms with Crippen LogP contribution in [-0.4, -0.2) is 26.6 Å². The van der Waals surface area contributed by atoms with Crippen molar-refractivity contribution in [1.29, 1.82) is 0 Å². The van der Waals surface area contributed by atoms with Crippen LogP contribution in [0.25, 0.3) is 0 Å². The third kappa shape index (κ3) is 4.13. The Morgan fingerprint density at radius 1 is 1.47 bits per heavy atom. The molecule has 0 aliphatic carbocycles. The van der Waals surface area contributed by atoms with Gasteiger partial charge in [-0.15, -0.1) is 0 Å². The van der Waals surface area contributed by atoms with Gasteiger partial charge in [-0.25, -0.2) is 4.98 Å². The molecule has 0 aliphatic rings. The third-order valence-corrected chi connectivity index (χ3v) is 2.79. The maximum atomic E-state index is 8.90. The lowest BCUT2D eigenvalue weighted by atomic mass is 10.0. The molecule has 86 valence electrons. The molecule has 5 heteroatoms. The van der Waals surface area contributed by atoms with Crippen molar-refractivity contribution < 1.29 is 5.11 Å². The van der Waals surface area contributed by atoms with Crippen LogP contribution >= 0.6 is 11.5 Å². The number of nitrogens with zero attached hydrogens (tertiary/aromatic N) is 2. The summed E-state index contributed by atoms with van der Waals surface area (Å²) in [6.45, 7) is 6.39. The van der Waals surface area contributed by atoms with Gasteiger partial charge < -0.3 is 10.4 Å². The van der Waals surface area contributed by atoms with Crippen LogP contribution in [0.15, 0.2) is 0 Å². The van der Waals surface area contributed by atoms with E-state index in [1.165, 1.54) is 11.5 Å². The second-order valence-corrected chi connectivity index (χ2v) is 5.00. The number of rotatable bonds is 6. The molecule has 0 spiro atoms. The van der Waals surface area contributed by atoms with Gasteiger partial charge in [0.15, 0.2) is 0 Å². The highest BCUT2D eigenvalue weighted by Crippen LogP contribution is 2.19. The average Bonchev–Trinajstić information content (AvgIpc) is 2.52.